The number of fused-ring (bicyclic) bond motifs is 2. The maximum atomic E-state index is 12.2. The number of nitrogens with zero attached hydrogens (tertiary/aromatic N) is 3. The Morgan fingerprint density at radius 2 is 2.09 bits per heavy atom. The lowest BCUT2D eigenvalue weighted by Gasteiger charge is -2.08. The number of alkyl halides is 2. The molecule has 4 nitrogen and oxygen atoms in total. The van der Waals surface area contributed by atoms with E-state index >= 15 is 0 Å². The molecule has 0 fully saturated rings. The van der Waals surface area contributed by atoms with Crippen LogP contribution >= 0.6 is 0 Å². The fourth-order valence-corrected chi connectivity index (χ4v) is 2.71. The number of hydrogen-bond acceptors (Lipinski definition) is 3. The van der Waals surface area contributed by atoms with E-state index in [-0.39, 0.29) is 5.88 Å². The Morgan fingerprint density at radius 3 is 2.95 bits per heavy atom. The number of rotatable bonds is 3. The van der Waals surface area contributed by atoms with Crippen molar-refractivity contribution >= 4 is 11.1 Å². The van der Waals surface area contributed by atoms with E-state index in [9.17, 15) is 8.78 Å². The fraction of sp³-hybridized carbons (Fsp3) is 0.125. The van der Waals surface area contributed by atoms with Gasteiger partial charge in [0.25, 0.3) is 0 Å². The molecule has 110 valence electrons. The quantitative estimate of drug-likeness (QED) is 0.745. The molecular weight excluding hydrogens is 288 g/mol. The van der Waals surface area contributed by atoms with Crippen LogP contribution in [-0.4, -0.2) is 21.2 Å². The summed E-state index contributed by atoms with van der Waals surface area (Å²) in [6, 6.07) is 9.20. The number of aromatic nitrogens is 3. The summed E-state index contributed by atoms with van der Waals surface area (Å²) >= 11 is 0. The Bertz CT molecular complexity index is 886. The lowest BCUT2D eigenvalue weighted by atomic mass is 10.0. The Hall–Kier alpha value is -2.76. The zero-order valence-electron chi connectivity index (χ0n) is 11.4. The van der Waals surface area contributed by atoms with E-state index in [1.54, 1.807) is 16.8 Å². The molecule has 0 aliphatic heterocycles. The van der Waals surface area contributed by atoms with Gasteiger partial charge in [0.1, 0.15) is 0 Å². The lowest BCUT2D eigenvalue weighted by Crippen LogP contribution is -2.04. The number of halogens is 2. The van der Waals surface area contributed by atoms with Crippen LogP contribution in [0.2, 0.25) is 0 Å². The summed E-state index contributed by atoms with van der Waals surface area (Å²) in [6.45, 7) is -2.86. The third-order valence-electron chi connectivity index (χ3n) is 3.66. The van der Waals surface area contributed by atoms with Crippen molar-refractivity contribution in [3.8, 4) is 5.88 Å². The average Bonchev–Trinajstić information content (AvgIpc) is 3.11. The molecule has 0 aromatic carbocycles. The summed E-state index contributed by atoms with van der Waals surface area (Å²) in [7, 11) is 0. The molecular formula is C16H11F2N3O. The van der Waals surface area contributed by atoms with Crippen molar-refractivity contribution in [1.82, 2.24) is 14.6 Å². The molecule has 0 amide bonds. The maximum Gasteiger partial charge on any atom is 0.388 e. The second kappa shape index (κ2) is 4.91. The number of allylic oxidation sites excluding steroid dienone is 1. The Labute approximate surface area is 124 Å². The van der Waals surface area contributed by atoms with Gasteiger partial charge in [-0.15, -0.1) is 0 Å². The summed E-state index contributed by atoms with van der Waals surface area (Å²) in [4.78, 5) is 4.15. The van der Waals surface area contributed by atoms with Gasteiger partial charge >= 0.3 is 6.61 Å². The molecule has 0 bridgehead atoms. The topological polar surface area (TPSA) is 39.4 Å². The number of ether oxygens (including phenoxy) is 1. The Balaban J connectivity index is 1.71. The van der Waals surface area contributed by atoms with Crippen molar-refractivity contribution in [2.45, 2.75) is 13.0 Å². The summed E-state index contributed by atoms with van der Waals surface area (Å²) in [6.07, 6.45) is 6.29. The summed E-state index contributed by atoms with van der Waals surface area (Å²) < 4.78 is 30.6. The first-order chi connectivity index (χ1) is 10.7. The van der Waals surface area contributed by atoms with Gasteiger partial charge in [-0.3, -0.25) is 0 Å². The zero-order chi connectivity index (χ0) is 15.1. The van der Waals surface area contributed by atoms with Gasteiger partial charge in [0, 0.05) is 30.4 Å². The van der Waals surface area contributed by atoms with Crippen LogP contribution in [-0.2, 0) is 6.42 Å². The molecule has 4 rings (SSSR count). The third-order valence-corrected chi connectivity index (χ3v) is 3.66. The van der Waals surface area contributed by atoms with Gasteiger partial charge in [-0.2, -0.15) is 13.9 Å². The van der Waals surface area contributed by atoms with Gasteiger partial charge in [-0.05, 0) is 35.4 Å². The average molecular weight is 299 g/mol. The van der Waals surface area contributed by atoms with Crippen LogP contribution < -0.4 is 4.74 Å². The number of pyridine rings is 2. The highest BCUT2D eigenvalue weighted by molar-refractivity contribution is 5.85. The monoisotopic (exact) mass is 299 g/mol. The summed E-state index contributed by atoms with van der Waals surface area (Å²) in [5.41, 5.74) is 4.80. The van der Waals surface area contributed by atoms with Crippen LogP contribution in [0.5, 0.6) is 5.88 Å². The first-order valence-electron chi connectivity index (χ1n) is 6.80. The zero-order valence-corrected chi connectivity index (χ0v) is 11.4. The summed E-state index contributed by atoms with van der Waals surface area (Å²) in [5.74, 6) is -0.0466. The van der Waals surface area contributed by atoms with Gasteiger partial charge in [0.15, 0.2) is 0 Å². The van der Waals surface area contributed by atoms with Gasteiger partial charge in [-0.25, -0.2) is 9.50 Å². The van der Waals surface area contributed by atoms with E-state index in [1.165, 1.54) is 6.07 Å². The SMILES string of the molecule is FC(F)Oc1ccc2c(n1)CC=C2c1ccn2nccc2c1. The Kier molecular flexibility index (Phi) is 2.89. The maximum absolute atomic E-state index is 12.2. The molecule has 0 saturated carbocycles. The van der Waals surface area contributed by atoms with Gasteiger partial charge in [0.2, 0.25) is 5.88 Å². The van der Waals surface area contributed by atoms with Crippen molar-refractivity contribution in [2.24, 2.45) is 0 Å². The fourth-order valence-electron chi connectivity index (χ4n) is 2.71. The van der Waals surface area contributed by atoms with E-state index in [0.717, 1.165) is 27.9 Å². The molecule has 0 spiro atoms. The van der Waals surface area contributed by atoms with Crippen LogP contribution in [0.1, 0.15) is 16.8 Å². The molecule has 1 aliphatic carbocycles. The molecule has 6 heteroatoms. The van der Waals surface area contributed by atoms with Crippen LogP contribution in [0.25, 0.3) is 11.1 Å². The Morgan fingerprint density at radius 1 is 1.18 bits per heavy atom. The predicted molar refractivity (Wildman–Crippen MR) is 76.8 cm³/mol. The van der Waals surface area contributed by atoms with Crippen molar-refractivity contribution in [3.63, 3.8) is 0 Å². The highest BCUT2D eigenvalue weighted by atomic mass is 19.3. The van der Waals surface area contributed by atoms with Crippen molar-refractivity contribution < 1.29 is 13.5 Å². The molecule has 3 heterocycles. The molecule has 3 aromatic heterocycles. The van der Waals surface area contributed by atoms with Gasteiger partial charge < -0.3 is 4.74 Å². The van der Waals surface area contributed by atoms with Gasteiger partial charge in [0.05, 0.1) is 11.2 Å². The van der Waals surface area contributed by atoms with E-state index < -0.39 is 6.61 Å². The lowest BCUT2D eigenvalue weighted by molar-refractivity contribution is -0.0529. The minimum absolute atomic E-state index is 0.0466. The largest absolute Gasteiger partial charge is 0.417 e. The third kappa shape index (κ3) is 2.13. The molecule has 0 radical (unpaired) electrons. The normalized spacial score (nSPS) is 13.5. The van der Waals surface area contributed by atoms with Crippen LogP contribution in [0, 0.1) is 0 Å². The van der Waals surface area contributed by atoms with Gasteiger partial charge in [-0.1, -0.05) is 6.08 Å². The van der Waals surface area contributed by atoms with Crippen molar-refractivity contribution in [3.05, 3.63) is 65.6 Å². The molecule has 3 aromatic rings. The van der Waals surface area contributed by atoms with E-state index in [2.05, 4.69) is 14.8 Å². The van der Waals surface area contributed by atoms with E-state index in [0.29, 0.717) is 6.42 Å². The molecule has 1 aliphatic rings. The molecule has 0 atom stereocenters. The highest BCUT2D eigenvalue weighted by Gasteiger charge is 2.19. The van der Waals surface area contributed by atoms with Crippen LogP contribution in [0.3, 0.4) is 0 Å². The minimum Gasteiger partial charge on any atom is -0.417 e. The van der Waals surface area contributed by atoms with Crippen molar-refractivity contribution in [1.29, 1.82) is 0 Å². The highest BCUT2D eigenvalue weighted by Crippen LogP contribution is 2.33. The molecule has 0 N–H and O–H groups in total. The smallest absolute Gasteiger partial charge is 0.388 e. The van der Waals surface area contributed by atoms with Crippen LogP contribution in [0.15, 0.2) is 48.8 Å². The minimum atomic E-state index is -2.86. The first kappa shape index (κ1) is 12.9. The van der Waals surface area contributed by atoms with Crippen molar-refractivity contribution in [2.75, 3.05) is 0 Å². The molecule has 22 heavy (non-hydrogen) atoms. The molecule has 0 saturated heterocycles. The number of hydrogen-bond donors (Lipinski definition) is 0. The second-order valence-electron chi connectivity index (χ2n) is 4.96. The second-order valence-corrected chi connectivity index (χ2v) is 4.96. The van der Waals surface area contributed by atoms with E-state index in [1.807, 2.05) is 30.5 Å². The molecule has 0 unspecified atom stereocenters. The van der Waals surface area contributed by atoms with E-state index in [4.69, 9.17) is 0 Å². The predicted octanol–water partition coefficient (Wildman–Crippen LogP) is 3.32. The standard InChI is InChI=1S/C16H11F2N3O/c17-16(18)22-15-4-2-13-12(1-3-14(13)20-15)10-6-8-21-11(9-10)5-7-19-21/h1-2,4-9,16H,3H2. The van der Waals surface area contributed by atoms with Crippen LogP contribution in [0.4, 0.5) is 8.78 Å². The first-order valence-corrected chi connectivity index (χ1v) is 6.80. The summed E-state index contributed by atoms with van der Waals surface area (Å²) in [5, 5.41) is 4.17.